The first kappa shape index (κ1) is 22.6. The summed E-state index contributed by atoms with van der Waals surface area (Å²) in [5.74, 6) is 2.01. The van der Waals surface area contributed by atoms with Gasteiger partial charge in [0.15, 0.2) is 5.78 Å². The molecule has 5 rings (SSSR count). The number of carbonyl (C=O) groups is 1. The molecule has 1 aromatic heterocycles. The van der Waals surface area contributed by atoms with Gasteiger partial charge in [0.2, 0.25) is 0 Å². The average molecular weight is 457 g/mol. The van der Waals surface area contributed by atoms with Crippen LogP contribution in [0.1, 0.15) is 59.4 Å². The minimum atomic E-state index is 0.0556. The van der Waals surface area contributed by atoms with Crippen molar-refractivity contribution in [2.24, 2.45) is 0 Å². The molecule has 0 amide bonds. The highest BCUT2D eigenvalue weighted by atomic mass is 16.5. The summed E-state index contributed by atoms with van der Waals surface area (Å²) in [6.07, 6.45) is 4.72. The van der Waals surface area contributed by atoms with Crippen LogP contribution in [0.15, 0.2) is 60.8 Å². The molecule has 176 valence electrons. The monoisotopic (exact) mass is 456 g/mol. The first-order valence-corrected chi connectivity index (χ1v) is 12.2. The van der Waals surface area contributed by atoms with Gasteiger partial charge in [-0.25, -0.2) is 0 Å². The molecular weight excluding hydrogens is 424 g/mol. The zero-order valence-corrected chi connectivity index (χ0v) is 20.0. The highest BCUT2D eigenvalue weighted by Crippen LogP contribution is 2.48. The van der Waals surface area contributed by atoms with E-state index in [0.29, 0.717) is 13.2 Å². The summed E-state index contributed by atoms with van der Waals surface area (Å²) >= 11 is 0. The average Bonchev–Trinajstić information content (AvgIpc) is 3.23. The topological polar surface area (TPSA) is 51.7 Å². The first-order valence-electron chi connectivity index (χ1n) is 12.2. The third-order valence-electron chi connectivity index (χ3n) is 7.34. The van der Waals surface area contributed by atoms with Crippen molar-refractivity contribution in [1.29, 1.82) is 0 Å². The van der Waals surface area contributed by atoms with Crippen molar-refractivity contribution in [3.63, 3.8) is 0 Å². The molecule has 0 aliphatic carbocycles. The molecule has 34 heavy (non-hydrogen) atoms. The molecule has 2 aliphatic heterocycles. The van der Waals surface area contributed by atoms with Crippen LogP contribution >= 0.6 is 0 Å². The fraction of sp³-hybridized carbons (Fsp3) is 0.379. The smallest absolute Gasteiger partial charge is 0.160 e. The van der Waals surface area contributed by atoms with Gasteiger partial charge in [0.05, 0.1) is 12.3 Å². The Labute approximate surface area is 201 Å². The fourth-order valence-electron chi connectivity index (χ4n) is 5.38. The number of pyridine rings is 1. The highest BCUT2D eigenvalue weighted by molar-refractivity contribution is 5.96. The summed E-state index contributed by atoms with van der Waals surface area (Å²) < 4.78 is 12.4. The predicted molar refractivity (Wildman–Crippen MR) is 133 cm³/mol. The molecule has 3 heterocycles. The molecule has 0 saturated carbocycles. The number of ether oxygens (including phenoxy) is 2. The number of para-hydroxylation sites is 1. The standard InChI is InChI=1S/C29H32N2O3/c1-3-24-25(21(2)32)11-12-26-28(24)34-20-29(26)13-16-31(17-14-29)18-22-8-4-5-10-27(22)33-19-23-9-6-7-15-30-23/h4-12,15H,3,13-14,16-20H2,1-2H3. The minimum absolute atomic E-state index is 0.0556. The number of carbonyl (C=O) groups excluding carboxylic acids is 1. The first-order chi connectivity index (χ1) is 16.6. The number of aromatic nitrogens is 1. The number of benzene rings is 2. The van der Waals surface area contributed by atoms with Crippen LogP contribution in [0.25, 0.3) is 0 Å². The van der Waals surface area contributed by atoms with Crippen LogP contribution in [0.4, 0.5) is 0 Å². The van der Waals surface area contributed by atoms with Crippen molar-refractivity contribution in [3.05, 3.63) is 88.7 Å². The summed E-state index contributed by atoms with van der Waals surface area (Å²) in [7, 11) is 0. The zero-order chi connectivity index (χ0) is 23.5. The lowest BCUT2D eigenvalue weighted by atomic mass is 9.73. The minimum Gasteiger partial charge on any atom is -0.492 e. The molecule has 0 N–H and O–H groups in total. The van der Waals surface area contributed by atoms with E-state index in [1.165, 1.54) is 11.1 Å². The summed E-state index contributed by atoms with van der Waals surface area (Å²) in [6, 6.07) is 18.3. The van der Waals surface area contributed by atoms with Crippen LogP contribution in [0.3, 0.4) is 0 Å². The van der Waals surface area contributed by atoms with Crippen molar-refractivity contribution in [2.75, 3.05) is 19.7 Å². The molecule has 0 bridgehead atoms. The summed E-state index contributed by atoms with van der Waals surface area (Å²) in [4.78, 5) is 19.0. The SMILES string of the molecule is CCc1c(C(C)=O)ccc2c1OCC21CCN(Cc2ccccc2OCc2ccccn2)CC1. The number of piperidine rings is 1. The highest BCUT2D eigenvalue weighted by Gasteiger charge is 2.44. The zero-order valence-electron chi connectivity index (χ0n) is 20.0. The molecule has 0 unspecified atom stereocenters. The van der Waals surface area contributed by atoms with Crippen molar-refractivity contribution in [2.45, 2.75) is 51.7 Å². The van der Waals surface area contributed by atoms with E-state index >= 15 is 0 Å². The van der Waals surface area contributed by atoms with Crippen LogP contribution in [-0.4, -0.2) is 35.4 Å². The Hall–Kier alpha value is -3.18. The molecule has 0 radical (unpaired) electrons. The van der Waals surface area contributed by atoms with Crippen molar-refractivity contribution < 1.29 is 14.3 Å². The summed E-state index contributed by atoms with van der Waals surface area (Å²) in [6.45, 7) is 7.81. The Bertz CT molecular complexity index is 1170. The Kier molecular flexibility index (Phi) is 6.38. The van der Waals surface area contributed by atoms with Gasteiger partial charge in [-0.2, -0.15) is 0 Å². The molecule has 0 atom stereocenters. The van der Waals surface area contributed by atoms with Gasteiger partial charge < -0.3 is 9.47 Å². The number of Topliss-reactive ketones (excluding diaryl/α,β-unsaturated/α-hetero) is 1. The second-order valence-corrected chi connectivity index (χ2v) is 9.44. The Morgan fingerprint density at radius 1 is 1.09 bits per heavy atom. The van der Waals surface area contributed by atoms with Gasteiger partial charge >= 0.3 is 0 Å². The quantitative estimate of drug-likeness (QED) is 0.449. The van der Waals surface area contributed by atoms with Gasteiger partial charge in [0.1, 0.15) is 18.1 Å². The van der Waals surface area contributed by atoms with Crippen LogP contribution in [0.5, 0.6) is 11.5 Å². The lowest BCUT2D eigenvalue weighted by Crippen LogP contribution is -2.43. The second kappa shape index (κ2) is 9.59. The lowest BCUT2D eigenvalue weighted by Gasteiger charge is -2.38. The van der Waals surface area contributed by atoms with E-state index in [2.05, 4.69) is 35.0 Å². The maximum Gasteiger partial charge on any atom is 0.160 e. The van der Waals surface area contributed by atoms with Crippen LogP contribution in [-0.2, 0) is 25.0 Å². The van der Waals surface area contributed by atoms with E-state index in [9.17, 15) is 4.79 Å². The molecule has 1 saturated heterocycles. The van der Waals surface area contributed by atoms with Crippen molar-refractivity contribution >= 4 is 5.78 Å². The Balaban J connectivity index is 1.27. The van der Waals surface area contributed by atoms with Crippen molar-refractivity contribution in [3.8, 4) is 11.5 Å². The van der Waals surface area contributed by atoms with Gasteiger partial charge in [0, 0.05) is 40.4 Å². The number of hydrogen-bond donors (Lipinski definition) is 0. The normalized spacial score (nSPS) is 16.8. The third kappa shape index (κ3) is 4.32. The van der Waals surface area contributed by atoms with Gasteiger partial charge in [-0.3, -0.25) is 14.7 Å². The van der Waals surface area contributed by atoms with E-state index in [-0.39, 0.29) is 11.2 Å². The Morgan fingerprint density at radius 2 is 1.88 bits per heavy atom. The number of likely N-dealkylation sites (tertiary alicyclic amines) is 1. The number of fused-ring (bicyclic) bond motifs is 2. The largest absolute Gasteiger partial charge is 0.492 e. The predicted octanol–water partition coefficient (Wildman–Crippen LogP) is 5.35. The molecular formula is C29H32N2O3. The summed E-state index contributed by atoms with van der Waals surface area (Å²) in [5.41, 5.74) is 5.36. The fourth-order valence-corrected chi connectivity index (χ4v) is 5.38. The van der Waals surface area contributed by atoms with E-state index in [1.54, 1.807) is 13.1 Å². The lowest BCUT2D eigenvalue weighted by molar-refractivity contribution is 0.101. The molecule has 5 nitrogen and oxygen atoms in total. The van der Waals surface area contributed by atoms with Crippen LogP contribution in [0.2, 0.25) is 0 Å². The van der Waals surface area contributed by atoms with Crippen LogP contribution < -0.4 is 9.47 Å². The van der Waals surface area contributed by atoms with Gasteiger partial charge in [-0.1, -0.05) is 43.3 Å². The molecule has 1 spiro atoms. The number of ketones is 1. The Morgan fingerprint density at radius 3 is 2.62 bits per heavy atom. The molecule has 2 aromatic carbocycles. The van der Waals surface area contributed by atoms with E-state index in [4.69, 9.17) is 9.47 Å². The van der Waals surface area contributed by atoms with E-state index < -0.39 is 0 Å². The van der Waals surface area contributed by atoms with Crippen molar-refractivity contribution in [1.82, 2.24) is 9.88 Å². The molecule has 2 aliphatic rings. The number of hydrogen-bond acceptors (Lipinski definition) is 5. The maximum atomic E-state index is 12.1. The third-order valence-corrected chi connectivity index (χ3v) is 7.34. The van der Waals surface area contributed by atoms with E-state index in [1.807, 2.05) is 36.4 Å². The van der Waals surface area contributed by atoms with E-state index in [0.717, 1.165) is 67.2 Å². The van der Waals surface area contributed by atoms with Gasteiger partial charge in [-0.05, 0) is 57.5 Å². The second-order valence-electron chi connectivity index (χ2n) is 9.44. The van der Waals surface area contributed by atoms with Crippen LogP contribution in [0, 0.1) is 0 Å². The molecule has 1 fully saturated rings. The number of nitrogens with zero attached hydrogens (tertiary/aromatic N) is 2. The summed E-state index contributed by atoms with van der Waals surface area (Å²) in [5, 5.41) is 0. The van der Waals surface area contributed by atoms with Gasteiger partial charge in [-0.15, -0.1) is 0 Å². The van der Waals surface area contributed by atoms with Gasteiger partial charge in [0.25, 0.3) is 0 Å². The maximum absolute atomic E-state index is 12.1. The molecule has 5 heteroatoms. The molecule has 3 aromatic rings. The number of rotatable bonds is 7.